The van der Waals surface area contributed by atoms with Crippen molar-refractivity contribution in [3.63, 3.8) is 0 Å². The summed E-state index contributed by atoms with van der Waals surface area (Å²) in [4.78, 5) is 29.6. The first-order valence-electron chi connectivity index (χ1n) is 11.9. The third-order valence-corrected chi connectivity index (χ3v) is 7.93. The van der Waals surface area contributed by atoms with Gasteiger partial charge in [-0.2, -0.15) is 0 Å². The van der Waals surface area contributed by atoms with Crippen LogP contribution in [0.1, 0.15) is 31.0 Å². The van der Waals surface area contributed by atoms with E-state index >= 15 is 0 Å². The monoisotopic (exact) mass is 506 g/mol. The van der Waals surface area contributed by atoms with Gasteiger partial charge in [-0.3, -0.25) is 9.59 Å². The molecule has 186 valence electrons. The summed E-state index contributed by atoms with van der Waals surface area (Å²) < 4.78 is 24.7. The van der Waals surface area contributed by atoms with Crippen LogP contribution >= 0.6 is 11.8 Å². The lowest BCUT2D eigenvalue weighted by Gasteiger charge is -2.36. The Bertz CT molecular complexity index is 1280. The first-order chi connectivity index (χ1) is 17.4. The van der Waals surface area contributed by atoms with Gasteiger partial charge in [0.05, 0.1) is 24.2 Å². The summed E-state index contributed by atoms with van der Waals surface area (Å²) in [5.41, 5.74) is 2.51. The molecule has 6 nitrogen and oxygen atoms in total. The zero-order chi connectivity index (χ0) is 25.2. The van der Waals surface area contributed by atoms with Gasteiger partial charge >= 0.3 is 0 Å². The number of ether oxygens (including phenoxy) is 2. The third kappa shape index (κ3) is 4.91. The van der Waals surface area contributed by atoms with Crippen molar-refractivity contribution < 1.29 is 23.5 Å². The molecule has 8 heteroatoms. The van der Waals surface area contributed by atoms with Gasteiger partial charge in [0.2, 0.25) is 11.8 Å². The molecule has 36 heavy (non-hydrogen) atoms. The predicted molar refractivity (Wildman–Crippen MR) is 137 cm³/mol. The van der Waals surface area contributed by atoms with Gasteiger partial charge in [-0.05, 0) is 54.4 Å². The molecule has 3 aromatic rings. The van der Waals surface area contributed by atoms with Crippen LogP contribution in [-0.4, -0.2) is 30.3 Å². The Morgan fingerprint density at radius 1 is 1.06 bits per heavy atom. The standard InChI is InChI=1S/C28H27FN2O4S/c1-17(27(32)30-18(2)20-9-12-23-24(15-20)35-14-13-34-23)26-28(33)31(16-19-7-10-21(29)11-8-19)22-5-3-4-6-25(22)36-26/h3-12,15,17-18,26H,13-14,16H2,1-2H3,(H,30,32)/t17-,18-,26+/m0/s1. The molecule has 0 bridgehead atoms. The Morgan fingerprint density at radius 2 is 1.78 bits per heavy atom. The molecule has 3 atom stereocenters. The fourth-order valence-electron chi connectivity index (χ4n) is 4.39. The SMILES string of the molecule is C[C@H](NC(=O)[C@@H](C)[C@H]1Sc2ccccc2N(Cc2ccc(F)cc2)C1=O)c1ccc2c(c1)OCCO2. The molecular weight excluding hydrogens is 479 g/mol. The van der Waals surface area contributed by atoms with Crippen molar-refractivity contribution in [3.05, 3.63) is 83.7 Å². The number of anilines is 1. The van der Waals surface area contributed by atoms with E-state index in [4.69, 9.17) is 9.47 Å². The summed E-state index contributed by atoms with van der Waals surface area (Å²) >= 11 is 1.41. The van der Waals surface area contributed by atoms with E-state index in [-0.39, 0.29) is 23.7 Å². The molecule has 0 aromatic heterocycles. The Hall–Kier alpha value is -3.52. The van der Waals surface area contributed by atoms with Crippen LogP contribution in [0.4, 0.5) is 10.1 Å². The lowest BCUT2D eigenvalue weighted by molar-refractivity contribution is -0.128. The average molecular weight is 507 g/mol. The second-order valence-corrected chi connectivity index (χ2v) is 10.2. The Kier molecular flexibility index (Phi) is 6.87. The van der Waals surface area contributed by atoms with Crippen molar-refractivity contribution in [1.29, 1.82) is 0 Å². The van der Waals surface area contributed by atoms with E-state index in [0.29, 0.717) is 31.3 Å². The summed E-state index contributed by atoms with van der Waals surface area (Å²) in [6, 6.07) is 19.1. The summed E-state index contributed by atoms with van der Waals surface area (Å²) in [6.07, 6.45) is 0. The van der Waals surface area contributed by atoms with Crippen LogP contribution in [0, 0.1) is 11.7 Å². The van der Waals surface area contributed by atoms with Crippen LogP contribution in [0.25, 0.3) is 0 Å². The van der Waals surface area contributed by atoms with Gasteiger partial charge < -0.3 is 19.7 Å². The zero-order valence-electron chi connectivity index (χ0n) is 20.1. The fourth-order valence-corrected chi connectivity index (χ4v) is 5.67. The van der Waals surface area contributed by atoms with Gasteiger partial charge in [0, 0.05) is 4.90 Å². The van der Waals surface area contributed by atoms with Gasteiger partial charge in [0.25, 0.3) is 0 Å². The Labute approximate surface area is 213 Å². The summed E-state index contributed by atoms with van der Waals surface area (Å²) in [5, 5.41) is 2.46. The highest BCUT2D eigenvalue weighted by atomic mass is 32.2. The third-order valence-electron chi connectivity index (χ3n) is 6.47. The van der Waals surface area contributed by atoms with Gasteiger partial charge in [0.15, 0.2) is 11.5 Å². The highest BCUT2D eigenvalue weighted by Crippen LogP contribution is 2.42. The lowest BCUT2D eigenvalue weighted by atomic mass is 10.0. The number of benzene rings is 3. The molecule has 1 N–H and O–H groups in total. The smallest absolute Gasteiger partial charge is 0.241 e. The minimum atomic E-state index is -0.590. The second-order valence-electron chi connectivity index (χ2n) is 8.98. The topological polar surface area (TPSA) is 67.9 Å². The van der Waals surface area contributed by atoms with Crippen molar-refractivity contribution in [2.45, 2.75) is 36.6 Å². The van der Waals surface area contributed by atoms with Crippen LogP contribution in [0.3, 0.4) is 0 Å². The molecule has 5 rings (SSSR count). The Morgan fingerprint density at radius 3 is 2.56 bits per heavy atom. The molecule has 0 unspecified atom stereocenters. The van der Waals surface area contributed by atoms with E-state index in [2.05, 4.69) is 5.32 Å². The van der Waals surface area contributed by atoms with Crippen LogP contribution < -0.4 is 19.7 Å². The molecule has 0 aliphatic carbocycles. The molecule has 2 amide bonds. The van der Waals surface area contributed by atoms with E-state index < -0.39 is 11.2 Å². The number of thioether (sulfide) groups is 1. The first kappa shape index (κ1) is 24.2. The highest BCUT2D eigenvalue weighted by molar-refractivity contribution is 8.01. The fraction of sp³-hybridized carbons (Fsp3) is 0.286. The van der Waals surface area contributed by atoms with E-state index in [0.717, 1.165) is 21.7 Å². The minimum Gasteiger partial charge on any atom is -0.486 e. The number of nitrogens with zero attached hydrogens (tertiary/aromatic N) is 1. The molecule has 0 radical (unpaired) electrons. The van der Waals surface area contributed by atoms with Crippen LogP contribution in [-0.2, 0) is 16.1 Å². The molecular formula is C28H27FN2O4S. The number of rotatable bonds is 6. The number of hydrogen-bond acceptors (Lipinski definition) is 5. The highest BCUT2D eigenvalue weighted by Gasteiger charge is 2.39. The van der Waals surface area contributed by atoms with E-state index in [1.165, 1.54) is 23.9 Å². The Balaban J connectivity index is 1.33. The van der Waals surface area contributed by atoms with E-state index in [1.807, 2.05) is 49.4 Å². The minimum absolute atomic E-state index is 0.141. The number of fused-ring (bicyclic) bond motifs is 2. The van der Waals surface area contributed by atoms with E-state index in [1.54, 1.807) is 24.0 Å². The number of para-hydroxylation sites is 1. The number of nitrogens with one attached hydrogen (secondary N) is 1. The molecule has 0 saturated heterocycles. The van der Waals surface area contributed by atoms with Gasteiger partial charge in [-0.1, -0.05) is 37.3 Å². The van der Waals surface area contributed by atoms with Crippen LogP contribution in [0.15, 0.2) is 71.6 Å². The van der Waals surface area contributed by atoms with Crippen molar-refractivity contribution in [3.8, 4) is 11.5 Å². The lowest BCUT2D eigenvalue weighted by Crippen LogP contribution is -2.47. The zero-order valence-corrected chi connectivity index (χ0v) is 20.9. The quantitative estimate of drug-likeness (QED) is 0.503. The maximum atomic E-state index is 13.6. The van der Waals surface area contributed by atoms with Gasteiger partial charge in [-0.25, -0.2) is 4.39 Å². The van der Waals surface area contributed by atoms with Crippen molar-refractivity contribution >= 4 is 29.3 Å². The maximum absolute atomic E-state index is 13.6. The average Bonchev–Trinajstić information content (AvgIpc) is 2.90. The number of carbonyl (C=O) groups is 2. The predicted octanol–water partition coefficient (Wildman–Crippen LogP) is 5.12. The first-order valence-corrected chi connectivity index (χ1v) is 12.8. The number of amides is 2. The molecule has 2 aliphatic heterocycles. The number of carbonyl (C=O) groups excluding carboxylic acids is 2. The van der Waals surface area contributed by atoms with E-state index in [9.17, 15) is 14.0 Å². The summed E-state index contributed by atoms with van der Waals surface area (Å²) in [7, 11) is 0. The number of halogens is 1. The molecule has 0 fully saturated rings. The maximum Gasteiger partial charge on any atom is 0.241 e. The van der Waals surface area contributed by atoms with Crippen molar-refractivity contribution in [2.75, 3.05) is 18.1 Å². The van der Waals surface area contributed by atoms with Crippen molar-refractivity contribution in [1.82, 2.24) is 5.32 Å². The molecule has 0 saturated carbocycles. The molecule has 0 spiro atoms. The van der Waals surface area contributed by atoms with Gasteiger partial charge in [0.1, 0.15) is 24.3 Å². The number of hydrogen-bond donors (Lipinski definition) is 1. The normalized spacial score (nSPS) is 18.2. The largest absolute Gasteiger partial charge is 0.486 e. The van der Waals surface area contributed by atoms with Gasteiger partial charge in [-0.15, -0.1) is 11.8 Å². The molecule has 2 heterocycles. The van der Waals surface area contributed by atoms with Crippen LogP contribution in [0.2, 0.25) is 0 Å². The molecule has 3 aromatic carbocycles. The van der Waals surface area contributed by atoms with Crippen molar-refractivity contribution in [2.24, 2.45) is 5.92 Å². The second kappa shape index (κ2) is 10.2. The van der Waals surface area contributed by atoms with Crippen LogP contribution in [0.5, 0.6) is 11.5 Å². The molecule has 2 aliphatic rings. The summed E-state index contributed by atoms with van der Waals surface area (Å²) in [5.74, 6) is 0.114. The summed E-state index contributed by atoms with van der Waals surface area (Å²) in [6.45, 7) is 5.00.